The average Bonchev–Trinajstić information content (AvgIpc) is 2.65. The summed E-state index contributed by atoms with van der Waals surface area (Å²) in [5, 5.41) is 4.45. The molecule has 2 rings (SSSR count). The lowest BCUT2D eigenvalue weighted by Crippen LogP contribution is -2.12. The minimum Gasteiger partial charge on any atom is -0.459 e. The van der Waals surface area contributed by atoms with Gasteiger partial charge in [-0.05, 0) is 47.3 Å². The van der Waals surface area contributed by atoms with Crippen LogP contribution in [0.3, 0.4) is 0 Å². The van der Waals surface area contributed by atoms with E-state index in [0.29, 0.717) is 6.61 Å². The molecule has 0 bridgehead atoms. The Morgan fingerprint density at radius 3 is 2.94 bits per heavy atom. The van der Waals surface area contributed by atoms with Crippen molar-refractivity contribution in [2.75, 3.05) is 13.7 Å². The molecule has 4 heteroatoms. The number of benzene rings is 1. The molecule has 0 aliphatic heterocycles. The molecule has 0 radical (unpaired) electrons. The average molecular weight is 345 g/mol. The fraction of sp³-hybridized carbons (Fsp3) is 0.385. The maximum absolute atomic E-state index is 5.86. The third-order valence-electron chi connectivity index (χ3n) is 2.66. The first-order valence-electron chi connectivity index (χ1n) is 5.65. The van der Waals surface area contributed by atoms with E-state index in [1.807, 2.05) is 6.07 Å². The van der Waals surface area contributed by atoms with Crippen LogP contribution in [0, 0.1) is 3.57 Å². The van der Waals surface area contributed by atoms with Crippen molar-refractivity contribution in [2.45, 2.75) is 20.1 Å². The maximum atomic E-state index is 5.86. The zero-order valence-corrected chi connectivity index (χ0v) is 12.2. The van der Waals surface area contributed by atoms with Crippen molar-refractivity contribution in [1.29, 1.82) is 0 Å². The Hall–Kier alpha value is -0.590. The Morgan fingerprint density at radius 2 is 2.24 bits per heavy atom. The molecule has 0 saturated carbocycles. The quantitative estimate of drug-likeness (QED) is 0.845. The van der Waals surface area contributed by atoms with Gasteiger partial charge in [0, 0.05) is 21.6 Å². The minimum absolute atomic E-state index is 0.591. The van der Waals surface area contributed by atoms with Crippen LogP contribution in [0.25, 0.3) is 11.0 Å². The number of ether oxygens (including phenoxy) is 1. The Kier molecular flexibility index (Phi) is 4.42. The highest BCUT2D eigenvalue weighted by Crippen LogP contribution is 2.28. The van der Waals surface area contributed by atoms with Gasteiger partial charge in [-0.25, -0.2) is 0 Å². The molecule has 0 aliphatic rings. The van der Waals surface area contributed by atoms with E-state index < -0.39 is 0 Å². The molecular weight excluding hydrogens is 329 g/mol. The number of furan rings is 1. The first kappa shape index (κ1) is 12.9. The highest BCUT2D eigenvalue weighted by atomic mass is 127. The normalized spacial score (nSPS) is 11.2. The Morgan fingerprint density at radius 1 is 1.41 bits per heavy atom. The monoisotopic (exact) mass is 345 g/mol. The van der Waals surface area contributed by atoms with Gasteiger partial charge in [-0.15, -0.1) is 0 Å². The van der Waals surface area contributed by atoms with E-state index >= 15 is 0 Å². The highest BCUT2D eigenvalue weighted by molar-refractivity contribution is 14.1. The Bertz CT molecular complexity index is 507. The number of nitrogens with one attached hydrogen (secondary N) is 1. The van der Waals surface area contributed by atoms with E-state index in [1.165, 1.54) is 3.57 Å². The van der Waals surface area contributed by atoms with Gasteiger partial charge in [-0.2, -0.15) is 0 Å². The Labute approximate surface area is 115 Å². The lowest BCUT2D eigenvalue weighted by atomic mass is 10.1. The molecule has 0 fully saturated rings. The number of methoxy groups -OCH3 is 1. The molecule has 1 aromatic carbocycles. The van der Waals surface area contributed by atoms with Gasteiger partial charge in [0.1, 0.15) is 11.3 Å². The second-order valence-corrected chi connectivity index (χ2v) is 5.10. The Balaban J connectivity index is 2.46. The second kappa shape index (κ2) is 5.84. The van der Waals surface area contributed by atoms with Crippen molar-refractivity contribution in [3.8, 4) is 0 Å². The lowest BCUT2D eigenvalue weighted by molar-refractivity contribution is 0.183. The highest BCUT2D eigenvalue weighted by Gasteiger charge is 2.13. The number of rotatable bonds is 5. The number of hydrogen-bond acceptors (Lipinski definition) is 3. The number of fused-ring (bicyclic) bond motifs is 1. The molecule has 17 heavy (non-hydrogen) atoms. The van der Waals surface area contributed by atoms with E-state index in [9.17, 15) is 0 Å². The van der Waals surface area contributed by atoms with Crippen LogP contribution < -0.4 is 5.32 Å². The summed E-state index contributed by atoms with van der Waals surface area (Å²) in [7, 11) is 1.71. The van der Waals surface area contributed by atoms with Crippen molar-refractivity contribution >= 4 is 33.6 Å². The van der Waals surface area contributed by atoms with E-state index in [-0.39, 0.29) is 0 Å². The van der Waals surface area contributed by atoms with Crippen molar-refractivity contribution < 1.29 is 9.15 Å². The second-order valence-electron chi connectivity index (χ2n) is 3.86. The standard InChI is InChI=1S/C13H16INO2/c1-3-15-7-13-11(8-16-2)10-6-9(14)4-5-12(10)17-13/h4-6,15H,3,7-8H2,1-2H3. The van der Waals surface area contributed by atoms with Crippen LogP contribution >= 0.6 is 22.6 Å². The molecule has 1 heterocycles. The molecule has 3 nitrogen and oxygen atoms in total. The van der Waals surface area contributed by atoms with Gasteiger partial charge in [0.15, 0.2) is 0 Å². The SMILES string of the molecule is CCNCc1oc2ccc(I)cc2c1COC. The fourth-order valence-corrected chi connectivity index (χ4v) is 2.35. The van der Waals surface area contributed by atoms with Crippen LogP contribution in [0.2, 0.25) is 0 Å². The summed E-state index contributed by atoms with van der Waals surface area (Å²) in [4.78, 5) is 0. The largest absolute Gasteiger partial charge is 0.459 e. The summed E-state index contributed by atoms with van der Waals surface area (Å²) in [5.74, 6) is 0.978. The topological polar surface area (TPSA) is 34.4 Å². The van der Waals surface area contributed by atoms with E-state index in [4.69, 9.17) is 9.15 Å². The van der Waals surface area contributed by atoms with E-state index in [0.717, 1.165) is 35.4 Å². The smallest absolute Gasteiger partial charge is 0.134 e. The van der Waals surface area contributed by atoms with Crippen LogP contribution in [-0.2, 0) is 17.9 Å². The summed E-state index contributed by atoms with van der Waals surface area (Å²) >= 11 is 2.31. The van der Waals surface area contributed by atoms with Crippen LogP contribution in [0.15, 0.2) is 22.6 Å². The molecule has 0 amide bonds. The first-order chi connectivity index (χ1) is 8.26. The van der Waals surface area contributed by atoms with Crippen LogP contribution in [0.4, 0.5) is 0 Å². The maximum Gasteiger partial charge on any atom is 0.134 e. The summed E-state index contributed by atoms with van der Waals surface area (Å²) in [6.07, 6.45) is 0. The van der Waals surface area contributed by atoms with E-state index in [2.05, 4.69) is 47.0 Å². The minimum atomic E-state index is 0.591. The third-order valence-corrected chi connectivity index (χ3v) is 3.33. The molecule has 92 valence electrons. The van der Waals surface area contributed by atoms with Crippen molar-refractivity contribution in [3.63, 3.8) is 0 Å². The lowest BCUT2D eigenvalue weighted by Gasteiger charge is -2.02. The van der Waals surface area contributed by atoms with Gasteiger partial charge in [-0.3, -0.25) is 0 Å². The number of halogens is 1. The van der Waals surface area contributed by atoms with Gasteiger partial charge >= 0.3 is 0 Å². The number of hydrogen-bond donors (Lipinski definition) is 1. The molecule has 0 atom stereocenters. The molecule has 2 aromatic rings. The third kappa shape index (κ3) is 2.81. The zero-order valence-electron chi connectivity index (χ0n) is 10.0. The molecule has 0 spiro atoms. The summed E-state index contributed by atoms with van der Waals surface area (Å²) in [6, 6.07) is 6.22. The summed E-state index contributed by atoms with van der Waals surface area (Å²) < 4.78 is 12.3. The van der Waals surface area contributed by atoms with Gasteiger partial charge in [0.05, 0.1) is 13.2 Å². The first-order valence-corrected chi connectivity index (χ1v) is 6.73. The van der Waals surface area contributed by atoms with Crippen LogP contribution in [-0.4, -0.2) is 13.7 Å². The molecule has 0 saturated heterocycles. The van der Waals surface area contributed by atoms with Gasteiger partial charge in [0.2, 0.25) is 0 Å². The van der Waals surface area contributed by atoms with E-state index in [1.54, 1.807) is 7.11 Å². The fourth-order valence-electron chi connectivity index (χ4n) is 1.86. The molecular formula is C13H16INO2. The van der Waals surface area contributed by atoms with Crippen molar-refractivity contribution in [1.82, 2.24) is 5.32 Å². The summed E-state index contributed by atoms with van der Waals surface area (Å²) in [6.45, 7) is 4.36. The molecule has 0 aliphatic carbocycles. The van der Waals surface area contributed by atoms with Gasteiger partial charge < -0.3 is 14.5 Å². The zero-order chi connectivity index (χ0) is 12.3. The molecule has 0 unspecified atom stereocenters. The molecule has 1 N–H and O–H groups in total. The van der Waals surface area contributed by atoms with Crippen molar-refractivity contribution in [2.24, 2.45) is 0 Å². The summed E-state index contributed by atoms with van der Waals surface area (Å²) in [5.41, 5.74) is 2.09. The predicted molar refractivity (Wildman–Crippen MR) is 77.0 cm³/mol. The predicted octanol–water partition coefficient (Wildman–Crippen LogP) is 3.29. The van der Waals surface area contributed by atoms with Crippen molar-refractivity contribution in [3.05, 3.63) is 33.1 Å². The van der Waals surface area contributed by atoms with Crippen LogP contribution in [0.5, 0.6) is 0 Å². The molecule has 1 aromatic heterocycles. The van der Waals surface area contributed by atoms with Crippen LogP contribution in [0.1, 0.15) is 18.2 Å². The van der Waals surface area contributed by atoms with Gasteiger partial charge in [0.25, 0.3) is 0 Å². The van der Waals surface area contributed by atoms with Gasteiger partial charge in [-0.1, -0.05) is 6.92 Å².